The van der Waals surface area contributed by atoms with Crippen molar-refractivity contribution in [3.8, 4) is 0 Å². The van der Waals surface area contributed by atoms with Gasteiger partial charge in [-0.15, -0.1) is 0 Å². The Bertz CT molecular complexity index is 432. The van der Waals surface area contributed by atoms with Gasteiger partial charge in [0.25, 0.3) is 0 Å². The standard InChI is InChI=1S/C16H24N2/c1-4-5-8-11-17-15-16(2,3)12-13-9-6-7-10-14(13)18-15/h6-7,9-10H,4-5,8,11-12H2,1-3H3,(H,17,18). The second-order valence-corrected chi connectivity index (χ2v) is 5.78. The van der Waals surface area contributed by atoms with Crippen LogP contribution in [0.2, 0.25) is 0 Å². The Kier molecular flexibility index (Phi) is 4.05. The number of fused-ring (bicyclic) bond motifs is 1. The number of nitrogens with one attached hydrogen (secondary N) is 1. The van der Waals surface area contributed by atoms with Crippen LogP contribution in [0.1, 0.15) is 45.6 Å². The number of hydrogen-bond donors (Lipinski definition) is 1. The SMILES string of the molecule is CCCCCN=C1Nc2ccccc2CC1(C)C. The van der Waals surface area contributed by atoms with Crippen LogP contribution in [0, 0.1) is 5.41 Å². The maximum Gasteiger partial charge on any atom is 0.107 e. The van der Waals surface area contributed by atoms with E-state index < -0.39 is 0 Å². The van der Waals surface area contributed by atoms with Crippen LogP contribution in [0.5, 0.6) is 0 Å². The number of anilines is 1. The Morgan fingerprint density at radius 3 is 2.78 bits per heavy atom. The van der Waals surface area contributed by atoms with Crippen LogP contribution in [0.25, 0.3) is 0 Å². The molecule has 0 fully saturated rings. The fraction of sp³-hybridized carbons (Fsp3) is 0.562. The Labute approximate surface area is 111 Å². The summed E-state index contributed by atoms with van der Waals surface area (Å²) < 4.78 is 0. The Morgan fingerprint density at radius 2 is 2.00 bits per heavy atom. The molecule has 2 rings (SSSR count). The molecule has 1 aliphatic rings. The number of aliphatic imine (C=N–C) groups is 1. The normalized spacial score (nSPS) is 19.4. The highest BCUT2D eigenvalue weighted by Gasteiger charge is 2.30. The second-order valence-electron chi connectivity index (χ2n) is 5.78. The molecule has 0 amide bonds. The molecule has 0 aliphatic carbocycles. The number of para-hydroxylation sites is 1. The van der Waals surface area contributed by atoms with Crippen LogP contribution < -0.4 is 5.32 Å². The quantitative estimate of drug-likeness (QED) is 0.786. The molecular formula is C16H24N2. The first-order valence-electron chi connectivity index (χ1n) is 7.03. The van der Waals surface area contributed by atoms with Gasteiger partial charge in [-0.25, -0.2) is 0 Å². The number of amidine groups is 1. The maximum atomic E-state index is 4.78. The van der Waals surface area contributed by atoms with Crippen LogP contribution in [0.3, 0.4) is 0 Å². The van der Waals surface area contributed by atoms with E-state index in [9.17, 15) is 0 Å². The van der Waals surface area contributed by atoms with Gasteiger partial charge in [0.1, 0.15) is 5.84 Å². The fourth-order valence-electron chi connectivity index (χ4n) is 2.46. The molecule has 1 N–H and O–H groups in total. The smallest absolute Gasteiger partial charge is 0.107 e. The third-order valence-electron chi connectivity index (χ3n) is 3.58. The maximum absolute atomic E-state index is 4.78. The number of rotatable bonds is 4. The molecule has 0 saturated carbocycles. The number of benzene rings is 1. The zero-order chi connectivity index (χ0) is 13.0. The van der Waals surface area contributed by atoms with Gasteiger partial charge in [0, 0.05) is 17.6 Å². The lowest BCUT2D eigenvalue weighted by Gasteiger charge is -2.34. The van der Waals surface area contributed by atoms with Gasteiger partial charge in [0.2, 0.25) is 0 Å². The minimum Gasteiger partial charge on any atom is -0.343 e. The molecule has 0 unspecified atom stereocenters. The second kappa shape index (κ2) is 5.55. The van der Waals surface area contributed by atoms with E-state index in [0.717, 1.165) is 18.8 Å². The molecule has 18 heavy (non-hydrogen) atoms. The van der Waals surface area contributed by atoms with Gasteiger partial charge in [-0.1, -0.05) is 51.8 Å². The first kappa shape index (κ1) is 13.1. The number of nitrogens with zero attached hydrogens (tertiary/aromatic N) is 1. The molecule has 1 heterocycles. The van der Waals surface area contributed by atoms with E-state index in [1.165, 1.54) is 30.5 Å². The minimum absolute atomic E-state index is 0.126. The summed E-state index contributed by atoms with van der Waals surface area (Å²) in [4.78, 5) is 4.78. The van der Waals surface area contributed by atoms with Gasteiger partial charge >= 0.3 is 0 Å². The lowest BCUT2D eigenvalue weighted by Crippen LogP contribution is -2.37. The van der Waals surface area contributed by atoms with E-state index in [2.05, 4.69) is 50.4 Å². The van der Waals surface area contributed by atoms with Crippen molar-refractivity contribution >= 4 is 11.5 Å². The summed E-state index contributed by atoms with van der Waals surface area (Å²) in [6, 6.07) is 8.54. The molecule has 1 aromatic carbocycles. The molecule has 0 radical (unpaired) electrons. The van der Waals surface area contributed by atoms with Crippen molar-refractivity contribution in [3.05, 3.63) is 29.8 Å². The van der Waals surface area contributed by atoms with E-state index in [4.69, 9.17) is 4.99 Å². The molecule has 1 aliphatic heterocycles. The zero-order valence-electron chi connectivity index (χ0n) is 11.8. The molecule has 0 saturated heterocycles. The summed E-state index contributed by atoms with van der Waals surface area (Å²) in [7, 11) is 0. The Balaban J connectivity index is 2.12. The summed E-state index contributed by atoms with van der Waals surface area (Å²) in [6.07, 6.45) is 4.79. The van der Waals surface area contributed by atoms with E-state index in [-0.39, 0.29) is 5.41 Å². The van der Waals surface area contributed by atoms with Crippen molar-refractivity contribution in [1.82, 2.24) is 0 Å². The van der Waals surface area contributed by atoms with E-state index >= 15 is 0 Å². The fourth-order valence-corrected chi connectivity index (χ4v) is 2.46. The van der Waals surface area contributed by atoms with Crippen molar-refractivity contribution in [2.24, 2.45) is 10.4 Å². The Morgan fingerprint density at radius 1 is 1.22 bits per heavy atom. The summed E-state index contributed by atoms with van der Waals surface area (Å²) in [5.74, 6) is 1.15. The predicted molar refractivity (Wildman–Crippen MR) is 79.4 cm³/mol. The van der Waals surface area contributed by atoms with Gasteiger partial charge < -0.3 is 5.32 Å². The van der Waals surface area contributed by atoms with E-state index in [0.29, 0.717) is 0 Å². The molecule has 1 aromatic rings. The highest BCUT2D eigenvalue weighted by molar-refractivity contribution is 6.02. The topological polar surface area (TPSA) is 24.4 Å². The highest BCUT2D eigenvalue weighted by Crippen LogP contribution is 2.33. The average Bonchev–Trinajstić information content (AvgIpc) is 2.34. The molecule has 2 nitrogen and oxygen atoms in total. The molecule has 2 heteroatoms. The molecule has 0 spiro atoms. The van der Waals surface area contributed by atoms with Gasteiger partial charge in [-0.05, 0) is 24.5 Å². The van der Waals surface area contributed by atoms with Crippen molar-refractivity contribution in [3.63, 3.8) is 0 Å². The van der Waals surface area contributed by atoms with Crippen LogP contribution in [-0.2, 0) is 6.42 Å². The average molecular weight is 244 g/mol. The van der Waals surface area contributed by atoms with Crippen molar-refractivity contribution < 1.29 is 0 Å². The monoisotopic (exact) mass is 244 g/mol. The summed E-state index contributed by atoms with van der Waals surface area (Å²) in [5, 5.41) is 3.51. The summed E-state index contributed by atoms with van der Waals surface area (Å²) >= 11 is 0. The third kappa shape index (κ3) is 2.92. The minimum atomic E-state index is 0.126. The first-order chi connectivity index (χ1) is 8.63. The lowest BCUT2D eigenvalue weighted by molar-refractivity contribution is 0.509. The summed E-state index contributed by atoms with van der Waals surface area (Å²) in [5.41, 5.74) is 2.75. The van der Waals surface area contributed by atoms with Crippen molar-refractivity contribution in [1.29, 1.82) is 0 Å². The first-order valence-corrected chi connectivity index (χ1v) is 7.03. The molecule has 0 atom stereocenters. The zero-order valence-corrected chi connectivity index (χ0v) is 11.8. The molecule has 98 valence electrons. The largest absolute Gasteiger partial charge is 0.343 e. The molecule has 0 aromatic heterocycles. The van der Waals surface area contributed by atoms with E-state index in [1.54, 1.807) is 0 Å². The highest BCUT2D eigenvalue weighted by atomic mass is 15.0. The number of unbranched alkanes of at least 4 members (excludes halogenated alkanes) is 2. The van der Waals surface area contributed by atoms with Crippen LogP contribution in [-0.4, -0.2) is 12.4 Å². The molecule has 0 bridgehead atoms. The third-order valence-corrected chi connectivity index (χ3v) is 3.58. The lowest BCUT2D eigenvalue weighted by atomic mass is 9.81. The van der Waals surface area contributed by atoms with Gasteiger partial charge in [-0.3, -0.25) is 4.99 Å². The van der Waals surface area contributed by atoms with Crippen LogP contribution in [0.15, 0.2) is 29.3 Å². The predicted octanol–water partition coefficient (Wildman–Crippen LogP) is 4.27. The van der Waals surface area contributed by atoms with Gasteiger partial charge in [0.15, 0.2) is 0 Å². The molecular weight excluding hydrogens is 220 g/mol. The van der Waals surface area contributed by atoms with Gasteiger partial charge in [0.05, 0.1) is 0 Å². The van der Waals surface area contributed by atoms with Gasteiger partial charge in [-0.2, -0.15) is 0 Å². The Hall–Kier alpha value is -1.31. The van der Waals surface area contributed by atoms with Crippen molar-refractivity contribution in [2.75, 3.05) is 11.9 Å². The van der Waals surface area contributed by atoms with E-state index in [1.807, 2.05) is 0 Å². The van der Waals surface area contributed by atoms with Crippen molar-refractivity contribution in [2.45, 2.75) is 46.5 Å². The number of hydrogen-bond acceptors (Lipinski definition) is 1. The summed E-state index contributed by atoms with van der Waals surface area (Å²) in [6.45, 7) is 7.72. The van der Waals surface area contributed by atoms with Crippen LogP contribution >= 0.6 is 0 Å². The van der Waals surface area contributed by atoms with Crippen LogP contribution in [0.4, 0.5) is 5.69 Å².